The van der Waals surface area contributed by atoms with Crippen molar-refractivity contribution in [2.24, 2.45) is 0 Å². The summed E-state index contributed by atoms with van der Waals surface area (Å²) in [5.74, 6) is -1.08. The zero-order valence-corrected chi connectivity index (χ0v) is 15.6. The summed E-state index contributed by atoms with van der Waals surface area (Å²) in [4.78, 5) is 25.3. The standard InChI is InChI=1S/C18H18FN5O2S/c1-9-10(2)23-24-18-13(9)14(20)15(27-18)17(26)22-8-7-21-16(25)11-3-5-12(19)6-4-11/h3-6H,7-8,20H2,1-2H3,(H,21,25)(H,22,26). The average molecular weight is 387 g/mol. The second-order valence-corrected chi connectivity index (χ2v) is 6.95. The lowest BCUT2D eigenvalue weighted by Gasteiger charge is -2.07. The molecule has 2 aromatic heterocycles. The molecule has 27 heavy (non-hydrogen) atoms. The lowest BCUT2D eigenvalue weighted by Crippen LogP contribution is -2.34. The predicted molar refractivity (Wildman–Crippen MR) is 102 cm³/mol. The number of nitrogens with zero attached hydrogens (tertiary/aromatic N) is 2. The molecule has 3 aromatic rings. The lowest BCUT2D eigenvalue weighted by atomic mass is 10.1. The van der Waals surface area contributed by atoms with Gasteiger partial charge in [-0.1, -0.05) is 0 Å². The van der Waals surface area contributed by atoms with Crippen LogP contribution in [0.5, 0.6) is 0 Å². The van der Waals surface area contributed by atoms with Gasteiger partial charge in [-0.15, -0.1) is 16.4 Å². The Kier molecular flexibility index (Phi) is 5.31. The van der Waals surface area contributed by atoms with Gasteiger partial charge in [0.1, 0.15) is 15.5 Å². The van der Waals surface area contributed by atoms with E-state index in [4.69, 9.17) is 5.73 Å². The molecule has 0 spiro atoms. The molecule has 0 aliphatic rings. The first kappa shape index (κ1) is 18.7. The molecule has 140 valence electrons. The van der Waals surface area contributed by atoms with E-state index in [1.165, 1.54) is 35.6 Å². The molecule has 1 aromatic carbocycles. The van der Waals surface area contributed by atoms with Crippen LogP contribution < -0.4 is 16.4 Å². The highest BCUT2D eigenvalue weighted by Crippen LogP contribution is 2.34. The van der Waals surface area contributed by atoms with E-state index >= 15 is 0 Å². The van der Waals surface area contributed by atoms with Gasteiger partial charge in [-0.25, -0.2) is 4.39 Å². The first-order valence-electron chi connectivity index (χ1n) is 8.22. The fourth-order valence-electron chi connectivity index (χ4n) is 2.54. The van der Waals surface area contributed by atoms with E-state index in [1.54, 1.807) is 0 Å². The van der Waals surface area contributed by atoms with Crippen molar-refractivity contribution in [3.63, 3.8) is 0 Å². The number of halogens is 1. The van der Waals surface area contributed by atoms with E-state index in [0.29, 0.717) is 21.0 Å². The average Bonchev–Trinajstić information content (AvgIpc) is 2.99. The van der Waals surface area contributed by atoms with E-state index in [2.05, 4.69) is 20.8 Å². The summed E-state index contributed by atoms with van der Waals surface area (Å²) in [6.07, 6.45) is 0. The number of rotatable bonds is 5. The highest BCUT2D eigenvalue weighted by molar-refractivity contribution is 7.21. The number of anilines is 1. The number of carbonyl (C=O) groups is 2. The number of amides is 2. The number of fused-ring (bicyclic) bond motifs is 1. The molecule has 0 aliphatic carbocycles. The number of nitrogen functional groups attached to an aromatic ring is 1. The van der Waals surface area contributed by atoms with Gasteiger partial charge in [0.15, 0.2) is 0 Å². The van der Waals surface area contributed by atoms with Gasteiger partial charge >= 0.3 is 0 Å². The fourth-order valence-corrected chi connectivity index (χ4v) is 3.56. The van der Waals surface area contributed by atoms with Gasteiger partial charge in [0.25, 0.3) is 11.8 Å². The topological polar surface area (TPSA) is 110 Å². The number of hydrogen-bond acceptors (Lipinski definition) is 6. The molecule has 0 unspecified atom stereocenters. The molecule has 9 heteroatoms. The maximum atomic E-state index is 12.9. The first-order valence-corrected chi connectivity index (χ1v) is 9.04. The summed E-state index contributed by atoms with van der Waals surface area (Å²) < 4.78 is 12.9. The Morgan fingerprint density at radius 1 is 1.07 bits per heavy atom. The van der Waals surface area contributed by atoms with Crippen LogP contribution in [0, 0.1) is 19.7 Å². The molecule has 0 fully saturated rings. The number of aryl methyl sites for hydroxylation is 2. The van der Waals surface area contributed by atoms with Crippen molar-refractivity contribution in [1.29, 1.82) is 0 Å². The predicted octanol–water partition coefficient (Wildman–Crippen LogP) is 2.19. The zero-order valence-electron chi connectivity index (χ0n) is 14.8. The largest absolute Gasteiger partial charge is 0.397 e. The summed E-state index contributed by atoms with van der Waals surface area (Å²) in [6, 6.07) is 5.22. The molecule has 0 atom stereocenters. The molecule has 4 N–H and O–H groups in total. The Morgan fingerprint density at radius 3 is 2.37 bits per heavy atom. The van der Waals surface area contributed by atoms with Crippen molar-refractivity contribution >= 4 is 39.1 Å². The number of aromatic nitrogens is 2. The maximum Gasteiger partial charge on any atom is 0.263 e. The van der Waals surface area contributed by atoms with E-state index < -0.39 is 5.82 Å². The van der Waals surface area contributed by atoms with Crippen LogP contribution in [0.15, 0.2) is 24.3 Å². The fraction of sp³-hybridized carbons (Fsp3) is 0.222. The Hall–Kier alpha value is -3.07. The molecule has 2 heterocycles. The van der Waals surface area contributed by atoms with Crippen LogP contribution in [0.4, 0.5) is 10.1 Å². The zero-order chi connectivity index (χ0) is 19.6. The summed E-state index contributed by atoms with van der Waals surface area (Å²) in [7, 11) is 0. The second-order valence-electron chi connectivity index (χ2n) is 5.95. The molecule has 0 aliphatic heterocycles. The van der Waals surface area contributed by atoms with Crippen molar-refractivity contribution in [3.8, 4) is 0 Å². The minimum absolute atomic E-state index is 0.225. The van der Waals surface area contributed by atoms with Crippen LogP contribution in [0.25, 0.3) is 10.2 Å². The van der Waals surface area contributed by atoms with Gasteiger partial charge < -0.3 is 16.4 Å². The summed E-state index contributed by atoms with van der Waals surface area (Å²) in [6.45, 7) is 4.18. The SMILES string of the molecule is Cc1nnc2sc(C(=O)NCCNC(=O)c3ccc(F)cc3)c(N)c2c1C. The number of nitrogens with one attached hydrogen (secondary N) is 2. The number of hydrogen-bond donors (Lipinski definition) is 3. The van der Waals surface area contributed by atoms with E-state index in [-0.39, 0.29) is 24.9 Å². The van der Waals surface area contributed by atoms with E-state index in [0.717, 1.165) is 16.6 Å². The van der Waals surface area contributed by atoms with Gasteiger partial charge in [0.05, 0.1) is 11.4 Å². The van der Waals surface area contributed by atoms with Crippen LogP contribution in [0.1, 0.15) is 31.3 Å². The van der Waals surface area contributed by atoms with Crippen molar-refractivity contribution in [1.82, 2.24) is 20.8 Å². The molecule has 7 nitrogen and oxygen atoms in total. The third-order valence-corrected chi connectivity index (χ3v) is 5.23. The Bertz CT molecular complexity index is 1020. The van der Waals surface area contributed by atoms with Crippen LogP contribution in [-0.4, -0.2) is 35.1 Å². The highest BCUT2D eigenvalue weighted by Gasteiger charge is 2.19. The van der Waals surface area contributed by atoms with Crippen LogP contribution in [-0.2, 0) is 0 Å². The second kappa shape index (κ2) is 7.67. The third-order valence-electron chi connectivity index (χ3n) is 4.14. The summed E-state index contributed by atoms with van der Waals surface area (Å²) in [5, 5.41) is 14.3. The molecule has 0 saturated carbocycles. The van der Waals surface area contributed by atoms with Crippen molar-refractivity contribution < 1.29 is 14.0 Å². The van der Waals surface area contributed by atoms with Gasteiger partial charge in [-0.2, -0.15) is 5.10 Å². The van der Waals surface area contributed by atoms with Crippen molar-refractivity contribution in [2.45, 2.75) is 13.8 Å². The van der Waals surface area contributed by atoms with Gasteiger partial charge in [0, 0.05) is 24.0 Å². The van der Waals surface area contributed by atoms with Crippen LogP contribution in [0.2, 0.25) is 0 Å². The first-order chi connectivity index (χ1) is 12.9. The monoisotopic (exact) mass is 387 g/mol. The summed E-state index contributed by atoms with van der Waals surface area (Å²) >= 11 is 1.18. The van der Waals surface area contributed by atoms with E-state index in [9.17, 15) is 14.0 Å². The number of thiophene rings is 1. The van der Waals surface area contributed by atoms with Gasteiger partial charge in [-0.3, -0.25) is 9.59 Å². The highest BCUT2D eigenvalue weighted by atomic mass is 32.1. The van der Waals surface area contributed by atoms with E-state index in [1.807, 2.05) is 13.8 Å². The molecule has 0 radical (unpaired) electrons. The van der Waals surface area contributed by atoms with Crippen molar-refractivity contribution in [3.05, 3.63) is 51.8 Å². The van der Waals surface area contributed by atoms with Crippen LogP contribution >= 0.6 is 11.3 Å². The smallest absolute Gasteiger partial charge is 0.263 e. The van der Waals surface area contributed by atoms with Crippen LogP contribution in [0.3, 0.4) is 0 Å². The minimum Gasteiger partial charge on any atom is -0.397 e. The lowest BCUT2D eigenvalue weighted by molar-refractivity contribution is 0.0930. The molecular weight excluding hydrogens is 369 g/mol. The number of carbonyl (C=O) groups excluding carboxylic acids is 2. The molecule has 0 bridgehead atoms. The molecule has 0 saturated heterocycles. The third kappa shape index (κ3) is 3.87. The van der Waals surface area contributed by atoms with Gasteiger partial charge in [0.2, 0.25) is 0 Å². The minimum atomic E-state index is -0.408. The Morgan fingerprint density at radius 2 is 1.70 bits per heavy atom. The quantitative estimate of drug-likeness (QED) is 0.581. The Labute approximate surface area is 158 Å². The van der Waals surface area contributed by atoms with Crippen molar-refractivity contribution in [2.75, 3.05) is 18.8 Å². The number of benzene rings is 1. The molecule has 3 rings (SSSR count). The maximum absolute atomic E-state index is 12.9. The molecular formula is C18H18FN5O2S. The molecule has 2 amide bonds. The number of nitrogens with two attached hydrogens (primary N) is 1. The Balaban J connectivity index is 1.59. The summed E-state index contributed by atoms with van der Waals surface area (Å²) in [5.41, 5.74) is 8.54. The normalized spacial score (nSPS) is 10.8. The van der Waals surface area contributed by atoms with Gasteiger partial charge in [-0.05, 0) is 43.7 Å².